The first-order chi connectivity index (χ1) is 28.8. The summed E-state index contributed by atoms with van der Waals surface area (Å²) in [4.78, 5) is 0. The van der Waals surface area contributed by atoms with Gasteiger partial charge in [-0.25, -0.2) is 0 Å². The summed E-state index contributed by atoms with van der Waals surface area (Å²) in [6.45, 7) is 0. The van der Waals surface area contributed by atoms with E-state index >= 15 is 0 Å². The second-order valence-corrected chi connectivity index (χ2v) is 16.6. The van der Waals surface area contributed by atoms with Crippen molar-refractivity contribution >= 4 is 74.9 Å². The lowest BCUT2D eigenvalue weighted by Crippen LogP contribution is -2.00. The Labute approximate surface area is 339 Å². The minimum atomic E-state index is 1.22. The molecule has 0 unspecified atom stereocenters. The lowest BCUT2D eigenvalue weighted by molar-refractivity contribution is 1.22. The lowest BCUT2D eigenvalue weighted by Gasteiger charge is -2.24. The van der Waals surface area contributed by atoms with E-state index in [0.717, 1.165) is 0 Å². The van der Waals surface area contributed by atoms with Crippen molar-refractivity contribution in [2.75, 3.05) is 0 Å². The molecule has 268 valence electrons. The summed E-state index contributed by atoms with van der Waals surface area (Å²) in [7, 11) is 0. The molecular weight excluding hydrogens is 719 g/mol. The van der Waals surface area contributed by atoms with E-state index in [-0.39, 0.29) is 0 Å². The Morgan fingerprint density at radius 3 is 1.34 bits per heavy atom. The second-order valence-electron chi connectivity index (χ2n) is 15.5. The number of thiophene rings is 1. The molecule has 0 bridgehead atoms. The Balaban J connectivity index is 1.13. The molecule has 0 aliphatic heterocycles. The van der Waals surface area contributed by atoms with E-state index in [0.29, 0.717) is 0 Å². The Bertz CT molecular complexity index is 3630. The highest BCUT2D eigenvalue weighted by atomic mass is 32.1. The number of hydrogen-bond acceptors (Lipinski definition) is 1. The molecule has 0 saturated heterocycles. The average molecular weight is 752 g/mol. The summed E-state index contributed by atoms with van der Waals surface area (Å²) >= 11 is 1.89. The van der Waals surface area contributed by atoms with Gasteiger partial charge in [0.2, 0.25) is 0 Å². The van der Waals surface area contributed by atoms with Gasteiger partial charge in [-0.3, -0.25) is 0 Å². The van der Waals surface area contributed by atoms with Crippen molar-refractivity contribution in [3.05, 3.63) is 200 Å². The van der Waals surface area contributed by atoms with E-state index in [4.69, 9.17) is 0 Å². The number of para-hydroxylation sites is 1. The van der Waals surface area contributed by atoms with Gasteiger partial charge in [0.05, 0.1) is 16.7 Å². The van der Waals surface area contributed by atoms with E-state index in [9.17, 15) is 0 Å². The normalized spacial score (nSPS) is 12.1. The summed E-state index contributed by atoms with van der Waals surface area (Å²) in [6.07, 6.45) is 0. The zero-order valence-electron chi connectivity index (χ0n) is 31.4. The van der Waals surface area contributed by atoms with Crippen molar-refractivity contribution in [2.45, 2.75) is 0 Å². The van der Waals surface area contributed by atoms with Crippen molar-refractivity contribution < 1.29 is 0 Å². The quantitative estimate of drug-likeness (QED) is 0.155. The van der Waals surface area contributed by atoms with Crippen LogP contribution < -0.4 is 0 Å². The summed E-state index contributed by atoms with van der Waals surface area (Å²) in [5.41, 5.74) is 16.2. The van der Waals surface area contributed by atoms with E-state index in [2.05, 4.69) is 205 Å². The van der Waals surface area contributed by atoms with Gasteiger partial charge in [-0.15, -0.1) is 11.3 Å². The van der Waals surface area contributed by atoms with Gasteiger partial charge in [-0.1, -0.05) is 170 Å². The van der Waals surface area contributed by atoms with Gasteiger partial charge < -0.3 is 4.57 Å². The SMILES string of the molecule is c1ccc2c(c1)-c1ccccc1-c1ccc(-c3c4ccccc4c(-n4c5ccccc5c5cc6sc7ccccc7c6cc54)c4ccccc34)cc1-c1ccccc1-2. The lowest BCUT2D eigenvalue weighted by atomic mass is 9.79. The average Bonchev–Trinajstić information content (AvgIpc) is 3.81. The topological polar surface area (TPSA) is 4.93 Å². The number of aromatic nitrogens is 1. The number of hydrogen-bond donors (Lipinski definition) is 0. The Morgan fingerprint density at radius 2 is 0.741 bits per heavy atom. The van der Waals surface area contributed by atoms with Crippen molar-refractivity contribution in [3.8, 4) is 61.3 Å². The van der Waals surface area contributed by atoms with Gasteiger partial charge in [0.1, 0.15) is 0 Å². The van der Waals surface area contributed by atoms with E-state index in [1.54, 1.807) is 0 Å². The van der Waals surface area contributed by atoms with Gasteiger partial charge in [0, 0.05) is 41.7 Å². The number of nitrogens with zero attached hydrogens (tertiary/aromatic N) is 1. The fourth-order valence-electron chi connectivity index (χ4n) is 10.1. The molecule has 12 aromatic rings. The molecule has 1 nitrogen and oxygen atoms in total. The zero-order valence-corrected chi connectivity index (χ0v) is 32.2. The van der Waals surface area contributed by atoms with Gasteiger partial charge in [-0.05, 0) is 96.7 Å². The van der Waals surface area contributed by atoms with Gasteiger partial charge in [0.15, 0.2) is 0 Å². The smallest absolute Gasteiger partial charge is 0.0619 e. The molecule has 0 atom stereocenters. The van der Waals surface area contributed by atoms with Crippen LogP contribution in [0.5, 0.6) is 0 Å². The highest BCUT2D eigenvalue weighted by Crippen LogP contribution is 2.51. The van der Waals surface area contributed by atoms with Crippen molar-refractivity contribution in [1.29, 1.82) is 0 Å². The molecule has 10 aromatic carbocycles. The fourth-order valence-corrected chi connectivity index (χ4v) is 11.2. The second kappa shape index (κ2) is 12.1. The summed E-state index contributed by atoms with van der Waals surface area (Å²) < 4.78 is 5.21. The molecule has 2 heteroatoms. The number of fused-ring (bicyclic) bond motifs is 16. The molecule has 0 fully saturated rings. The molecule has 0 N–H and O–H groups in total. The minimum absolute atomic E-state index is 1.22. The summed E-state index contributed by atoms with van der Waals surface area (Å²) in [5, 5.41) is 10.2. The molecule has 0 amide bonds. The van der Waals surface area contributed by atoms with Crippen LogP contribution in [0.2, 0.25) is 0 Å². The maximum absolute atomic E-state index is 2.55. The molecule has 2 aromatic heterocycles. The predicted octanol–water partition coefficient (Wildman–Crippen LogP) is 16.1. The molecule has 58 heavy (non-hydrogen) atoms. The van der Waals surface area contributed by atoms with Gasteiger partial charge >= 0.3 is 0 Å². The largest absolute Gasteiger partial charge is 0.308 e. The van der Waals surface area contributed by atoms with Crippen molar-refractivity contribution in [1.82, 2.24) is 4.57 Å². The maximum Gasteiger partial charge on any atom is 0.0619 e. The molecule has 2 heterocycles. The molecule has 0 saturated carbocycles. The van der Waals surface area contributed by atoms with Crippen LogP contribution in [0.1, 0.15) is 0 Å². The Morgan fingerprint density at radius 1 is 0.276 bits per heavy atom. The van der Waals surface area contributed by atoms with Crippen LogP contribution in [-0.4, -0.2) is 4.57 Å². The van der Waals surface area contributed by atoms with Crippen LogP contribution in [0.4, 0.5) is 0 Å². The molecular formula is C56H33NS. The fraction of sp³-hybridized carbons (Fsp3) is 0. The van der Waals surface area contributed by atoms with Crippen LogP contribution in [0.3, 0.4) is 0 Å². The third kappa shape index (κ3) is 4.41. The Hall–Kier alpha value is -7.26. The molecule has 0 spiro atoms. The van der Waals surface area contributed by atoms with Crippen LogP contribution >= 0.6 is 11.3 Å². The van der Waals surface area contributed by atoms with Crippen LogP contribution in [0.15, 0.2) is 200 Å². The Kier molecular flexibility index (Phi) is 6.66. The minimum Gasteiger partial charge on any atom is -0.308 e. The first-order valence-electron chi connectivity index (χ1n) is 20.0. The van der Waals surface area contributed by atoms with Crippen molar-refractivity contribution in [2.24, 2.45) is 0 Å². The van der Waals surface area contributed by atoms with Crippen molar-refractivity contribution in [3.63, 3.8) is 0 Å². The highest BCUT2D eigenvalue weighted by Gasteiger charge is 2.25. The maximum atomic E-state index is 2.55. The molecule has 0 radical (unpaired) electrons. The van der Waals surface area contributed by atoms with Gasteiger partial charge in [0.25, 0.3) is 0 Å². The van der Waals surface area contributed by atoms with E-state index < -0.39 is 0 Å². The number of benzene rings is 10. The highest BCUT2D eigenvalue weighted by molar-refractivity contribution is 7.25. The third-order valence-electron chi connectivity index (χ3n) is 12.5. The van der Waals surface area contributed by atoms with Crippen LogP contribution in [0, 0.1) is 0 Å². The molecule has 1 aliphatic rings. The molecule has 13 rings (SSSR count). The number of rotatable bonds is 2. The summed E-state index contributed by atoms with van der Waals surface area (Å²) in [6, 6.07) is 74.7. The molecule has 1 aliphatic carbocycles. The first-order valence-corrected chi connectivity index (χ1v) is 20.8. The van der Waals surface area contributed by atoms with E-state index in [1.807, 2.05) is 11.3 Å². The summed E-state index contributed by atoms with van der Waals surface area (Å²) in [5.74, 6) is 0. The van der Waals surface area contributed by atoms with E-state index in [1.165, 1.54) is 125 Å². The zero-order chi connectivity index (χ0) is 37.9. The monoisotopic (exact) mass is 751 g/mol. The standard InChI is InChI=1S/C56H33NS/c1-2-16-36-35(15-1)37-17-3-4-19-39(37)41-30-29-34(31-48(41)40-20-6-5-18-38(36)40)55-44-23-7-9-25-46(44)56(47-26-10-8-24-45(47)55)57-51-27-13-11-21-42(51)49-33-54-50(32-52(49)57)43-22-12-14-28-53(43)58-54/h1-33H. The van der Waals surface area contributed by atoms with Crippen LogP contribution in [-0.2, 0) is 0 Å². The first kappa shape index (κ1) is 31.9. The van der Waals surface area contributed by atoms with Gasteiger partial charge in [-0.2, -0.15) is 0 Å². The third-order valence-corrected chi connectivity index (χ3v) is 13.7. The predicted molar refractivity (Wildman–Crippen MR) is 249 cm³/mol. The van der Waals surface area contributed by atoms with Crippen LogP contribution in [0.25, 0.3) is 125 Å².